The van der Waals surface area contributed by atoms with E-state index in [1.54, 1.807) is 55.5 Å². The van der Waals surface area contributed by atoms with Gasteiger partial charge in [-0.2, -0.15) is 0 Å². The van der Waals surface area contributed by atoms with Gasteiger partial charge in [0.25, 0.3) is 11.6 Å². The molecule has 1 heterocycles. The van der Waals surface area contributed by atoms with E-state index in [0.29, 0.717) is 33.5 Å². The maximum atomic E-state index is 12.6. The summed E-state index contributed by atoms with van der Waals surface area (Å²) in [4.78, 5) is 35.3. The van der Waals surface area contributed by atoms with Crippen LogP contribution in [0.25, 0.3) is 22.1 Å². The van der Waals surface area contributed by atoms with Crippen LogP contribution in [-0.4, -0.2) is 10.8 Å². The quantitative estimate of drug-likeness (QED) is 0.297. The summed E-state index contributed by atoms with van der Waals surface area (Å²) in [6, 6.07) is 19.8. The monoisotopic (exact) mass is 400 g/mol. The Morgan fingerprint density at radius 3 is 2.47 bits per heavy atom. The van der Waals surface area contributed by atoms with E-state index in [0.717, 1.165) is 5.39 Å². The zero-order chi connectivity index (χ0) is 21.3. The van der Waals surface area contributed by atoms with Gasteiger partial charge in [-0.05, 0) is 42.3 Å². The van der Waals surface area contributed by atoms with Crippen molar-refractivity contribution in [3.63, 3.8) is 0 Å². The minimum absolute atomic E-state index is 0.103. The SMILES string of the molecule is Cc1ccc([N+](=O)[O-])cc1NC(=O)c1ccc(-c2cc3ccccc3oc2=O)cc1. The topological polar surface area (TPSA) is 102 Å². The average Bonchev–Trinajstić information content (AvgIpc) is 2.74. The number of nitro benzene ring substituents is 1. The van der Waals surface area contributed by atoms with Gasteiger partial charge in [-0.25, -0.2) is 4.79 Å². The maximum Gasteiger partial charge on any atom is 0.344 e. The van der Waals surface area contributed by atoms with E-state index in [2.05, 4.69) is 5.32 Å². The first-order valence-electron chi connectivity index (χ1n) is 9.12. The van der Waals surface area contributed by atoms with Crippen molar-refractivity contribution in [2.45, 2.75) is 6.92 Å². The van der Waals surface area contributed by atoms with E-state index in [1.165, 1.54) is 12.1 Å². The van der Waals surface area contributed by atoms with Crippen molar-refractivity contribution in [3.8, 4) is 11.1 Å². The maximum absolute atomic E-state index is 12.6. The number of amides is 1. The Kier molecular flexibility index (Phi) is 4.85. The lowest BCUT2D eigenvalue weighted by Gasteiger charge is -2.09. The number of carbonyl (C=O) groups is 1. The minimum Gasteiger partial charge on any atom is -0.422 e. The summed E-state index contributed by atoms with van der Waals surface area (Å²) in [7, 11) is 0. The van der Waals surface area contributed by atoms with Crippen LogP contribution in [0.15, 0.2) is 82.0 Å². The molecule has 0 aliphatic carbocycles. The third kappa shape index (κ3) is 3.68. The molecule has 0 spiro atoms. The average molecular weight is 400 g/mol. The minimum atomic E-state index is -0.515. The van der Waals surface area contributed by atoms with Gasteiger partial charge >= 0.3 is 5.63 Å². The number of nitro groups is 1. The van der Waals surface area contributed by atoms with Crippen LogP contribution < -0.4 is 10.9 Å². The van der Waals surface area contributed by atoms with E-state index < -0.39 is 16.5 Å². The Balaban J connectivity index is 1.60. The summed E-state index contributed by atoms with van der Waals surface area (Å²) in [5, 5.41) is 14.5. The van der Waals surface area contributed by atoms with Crippen LogP contribution in [0.5, 0.6) is 0 Å². The van der Waals surface area contributed by atoms with Crippen LogP contribution in [-0.2, 0) is 0 Å². The second-order valence-corrected chi connectivity index (χ2v) is 6.77. The fraction of sp³-hybridized carbons (Fsp3) is 0.0435. The molecule has 4 aromatic rings. The van der Waals surface area contributed by atoms with Crippen molar-refractivity contribution < 1.29 is 14.1 Å². The molecule has 148 valence electrons. The number of fused-ring (bicyclic) bond motifs is 1. The predicted molar refractivity (Wildman–Crippen MR) is 114 cm³/mol. The Hall–Kier alpha value is -4.26. The first-order chi connectivity index (χ1) is 14.4. The molecule has 7 nitrogen and oxygen atoms in total. The van der Waals surface area contributed by atoms with Gasteiger partial charge in [0.2, 0.25) is 0 Å². The Morgan fingerprint density at radius 1 is 1.00 bits per heavy atom. The van der Waals surface area contributed by atoms with Gasteiger partial charge in [-0.3, -0.25) is 14.9 Å². The molecular weight excluding hydrogens is 384 g/mol. The van der Waals surface area contributed by atoms with Crippen LogP contribution >= 0.6 is 0 Å². The molecule has 30 heavy (non-hydrogen) atoms. The van der Waals surface area contributed by atoms with Gasteiger partial charge in [0.1, 0.15) is 5.58 Å². The number of carbonyl (C=O) groups excluding carboxylic acids is 1. The molecule has 0 aliphatic heterocycles. The lowest BCUT2D eigenvalue weighted by molar-refractivity contribution is -0.384. The number of nitrogens with one attached hydrogen (secondary N) is 1. The molecule has 0 radical (unpaired) electrons. The molecule has 0 bridgehead atoms. The smallest absolute Gasteiger partial charge is 0.344 e. The van der Waals surface area contributed by atoms with Crippen LogP contribution in [0.2, 0.25) is 0 Å². The van der Waals surface area contributed by atoms with Crippen molar-refractivity contribution >= 4 is 28.3 Å². The molecule has 0 atom stereocenters. The molecular formula is C23H16N2O5. The zero-order valence-electron chi connectivity index (χ0n) is 15.9. The summed E-state index contributed by atoms with van der Waals surface area (Å²) >= 11 is 0. The van der Waals surface area contributed by atoms with E-state index in [9.17, 15) is 19.7 Å². The highest BCUT2D eigenvalue weighted by molar-refractivity contribution is 6.05. The second-order valence-electron chi connectivity index (χ2n) is 6.77. The number of para-hydroxylation sites is 1. The zero-order valence-corrected chi connectivity index (χ0v) is 15.9. The summed E-state index contributed by atoms with van der Waals surface area (Å²) in [6.07, 6.45) is 0. The van der Waals surface area contributed by atoms with Crippen LogP contribution in [0.4, 0.5) is 11.4 Å². The molecule has 1 aromatic heterocycles. The lowest BCUT2D eigenvalue weighted by Crippen LogP contribution is -2.13. The molecule has 7 heteroatoms. The van der Waals surface area contributed by atoms with Crippen LogP contribution in [0.1, 0.15) is 15.9 Å². The molecule has 0 saturated carbocycles. The highest BCUT2D eigenvalue weighted by Crippen LogP contribution is 2.24. The molecule has 0 aliphatic rings. The molecule has 1 N–H and O–H groups in total. The Bertz CT molecular complexity index is 1340. The summed E-state index contributed by atoms with van der Waals surface area (Å²) < 4.78 is 5.36. The number of hydrogen-bond acceptors (Lipinski definition) is 5. The number of hydrogen-bond donors (Lipinski definition) is 1. The van der Waals surface area contributed by atoms with Crippen molar-refractivity contribution in [3.05, 3.63) is 104 Å². The van der Waals surface area contributed by atoms with E-state index in [1.807, 2.05) is 12.1 Å². The van der Waals surface area contributed by atoms with Crippen molar-refractivity contribution in [2.24, 2.45) is 0 Å². The van der Waals surface area contributed by atoms with Crippen LogP contribution in [0, 0.1) is 17.0 Å². The summed E-state index contributed by atoms with van der Waals surface area (Å²) in [5.41, 5.74) is 2.40. The van der Waals surface area contributed by atoms with Crippen molar-refractivity contribution in [1.29, 1.82) is 0 Å². The van der Waals surface area contributed by atoms with Gasteiger partial charge in [0.15, 0.2) is 0 Å². The summed E-state index contributed by atoms with van der Waals surface area (Å²) in [5.74, 6) is -0.407. The standard InChI is InChI=1S/C23H16N2O5/c1-14-6-11-18(25(28)29)13-20(14)24-22(26)16-9-7-15(8-10-16)19-12-17-4-2-3-5-21(17)30-23(19)27/h2-13H,1H3,(H,24,26). The number of non-ortho nitro benzene ring substituents is 1. The molecule has 3 aromatic carbocycles. The highest BCUT2D eigenvalue weighted by Gasteiger charge is 2.13. The van der Waals surface area contributed by atoms with E-state index in [-0.39, 0.29) is 5.69 Å². The third-order valence-corrected chi connectivity index (χ3v) is 4.78. The first kappa shape index (κ1) is 19.1. The number of rotatable bonds is 4. The number of benzene rings is 3. The van der Waals surface area contributed by atoms with Gasteiger partial charge < -0.3 is 9.73 Å². The summed E-state index contributed by atoms with van der Waals surface area (Å²) in [6.45, 7) is 1.75. The molecule has 0 unspecified atom stereocenters. The van der Waals surface area contributed by atoms with Crippen LogP contribution in [0.3, 0.4) is 0 Å². The number of anilines is 1. The Morgan fingerprint density at radius 2 is 1.73 bits per heavy atom. The van der Waals surface area contributed by atoms with Crippen molar-refractivity contribution in [2.75, 3.05) is 5.32 Å². The van der Waals surface area contributed by atoms with Gasteiger partial charge in [-0.15, -0.1) is 0 Å². The first-order valence-corrected chi connectivity index (χ1v) is 9.12. The molecule has 4 rings (SSSR count). The Labute approximate surface area is 170 Å². The van der Waals surface area contributed by atoms with E-state index in [4.69, 9.17) is 4.42 Å². The predicted octanol–water partition coefficient (Wildman–Crippen LogP) is 4.93. The second kappa shape index (κ2) is 7.63. The third-order valence-electron chi connectivity index (χ3n) is 4.78. The molecule has 0 fully saturated rings. The molecule has 1 amide bonds. The fourth-order valence-corrected chi connectivity index (χ4v) is 3.12. The highest BCUT2D eigenvalue weighted by atomic mass is 16.6. The van der Waals surface area contributed by atoms with Crippen molar-refractivity contribution in [1.82, 2.24) is 0 Å². The largest absolute Gasteiger partial charge is 0.422 e. The normalized spacial score (nSPS) is 10.7. The van der Waals surface area contributed by atoms with Gasteiger partial charge in [0, 0.05) is 23.1 Å². The number of aryl methyl sites for hydroxylation is 1. The fourth-order valence-electron chi connectivity index (χ4n) is 3.12. The van der Waals surface area contributed by atoms with Gasteiger partial charge in [-0.1, -0.05) is 36.4 Å². The molecule has 0 saturated heterocycles. The number of nitrogens with zero attached hydrogens (tertiary/aromatic N) is 1. The van der Waals surface area contributed by atoms with Gasteiger partial charge in [0.05, 0.1) is 16.2 Å². The lowest BCUT2D eigenvalue weighted by atomic mass is 10.0. The van der Waals surface area contributed by atoms with E-state index >= 15 is 0 Å².